The molecule has 1 heterocycles. The molecule has 2 aromatic carbocycles. The zero-order valence-electron chi connectivity index (χ0n) is 19.3. The maximum Gasteiger partial charge on any atom is 0.253 e. The average molecular weight is 448 g/mol. The Bertz CT molecular complexity index is 1150. The second kappa shape index (κ2) is 9.86. The third-order valence-electron chi connectivity index (χ3n) is 6.65. The second-order valence-corrected chi connectivity index (χ2v) is 9.56. The van der Waals surface area contributed by atoms with Crippen LogP contribution in [0.25, 0.3) is 10.9 Å². The first kappa shape index (κ1) is 22.5. The Labute approximate surface area is 196 Å². The summed E-state index contributed by atoms with van der Waals surface area (Å²) in [6.45, 7) is 6.82. The number of aryl methyl sites for hydroxylation is 2. The van der Waals surface area contributed by atoms with Gasteiger partial charge >= 0.3 is 0 Å². The van der Waals surface area contributed by atoms with Crippen molar-refractivity contribution in [3.63, 3.8) is 0 Å². The number of thiocarbonyl (C=S) groups is 1. The molecule has 1 atom stereocenters. The number of rotatable bonds is 5. The summed E-state index contributed by atoms with van der Waals surface area (Å²) in [4.78, 5) is 18.4. The summed E-state index contributed by atoms with van der Waals surface area (Å²) in [6, 6.07) is 17.1. The molecule has 0 bridgehead atoms. The molecule has 1 aliphatic rings. The minimum atomic E-state index is -0.0257. The number of hydrogen-bond donors (Lipinski definition) is 2. The van der Waals surface area contributed by atoms with Crippen LogP contribution in [0.5, 0.6) is 0 Å². The molecule has 0 unspecified atom stereocenters. The third kappa shape index (κ3) is 5.04. The van der Waals surface area contributed by atoms with E-state index in [0.29, 0.717) is 12.6 Å². The van der Waals surface area contributed by atoms with Gasteiger partial charge in [-0.3, -0.25) is 4.79 Å². The van der Waals surface area contributed by atoms with E-state index < -0.39 is 0 Å². The highest BCUT2D eigenvalue weighted by Crippen LogP contribution is 2.26. The van der Waals surface area contributed by atoms with Gasteiger partial charge in [0.05, 0.1) is 12.6 Å². The zero-order chi connectivity index (χ0) is 22.7. The molecule has 1 aliphatic carbocycles. The fourth-order valence-electron chi connectivity index (χ4n) is 4.87. The van der Waals surface area contributed by atoms with Gasteiger partial charge in [-0.05, 0) is 74.7 Å². The highest BCUT2D eigenvalue weighted by Gasteiger charge is 2.25. The Balaban J connectivity index is 1.63. The van der Waals surface area contributed by atoms with Crippen LogP contribution in [0.2, 0.25) is 0 Å². The van der Waals surface area contributed by atoms with Gasteiger partial charge in [0, 0.05) is 22.5 Å². The number of nitrogens with zero attached hydrogens (tertiary/aromatic N) is 1. The van der Waals surface area contributed by atoms with Gasteiger partial charge in [0.1, 0.15) is 0 Å². The number of aromatic amines is 1. The molecule has 168 valence electrons. The summed E-state index contributed by atoms with van der Waals surface area (Å²) in [6.07, 6.45) is 5.94. The van der Waals surface area contributed by atoms with Crippen molar-refractivity contribution in [1.82, 2.24) is 15.2 Å². The van der Waals surface area contributed by atoms with Crippen molar-refractivity contribution in [3.8, 4) is 0 Å². The molecule has 0 radical (unpaired) electrons. The van der Waals surface area contributed by atoms with Crippen molar-refractivity contribution >= 4 is 28.2 Å². The Kier molecular flexibility index (Phi) is 6.95. The average Bonchev–Trinajstić information content (AvgIpc) is 2.78. The third-order valence-corrected chi connectivity index (χ3v) is 7.00. The first-order valence-corrected chi connectivity index (χ1v) is 12.1. The molecule has 0 spiro atoms. The smallest absolute Gasteiger partial charge is 0.253 e. The van der Waals surface area contributed by atoms with Gasteiger partial charge in [-0.1, -0.05) is 55.7 Å². The Hall–Kier alpha value is -2.66. The van der Waals surface area contributed by atoms with E-state index in [1.807, 2.05) is 24.3 Å². The van der Waals surface area contributed by atoms with E-state index in [9.17, 15) is 4.79 Å². The number of pyridine rings is 1. The van der Waals surface area contributed by atoms with E-state index in [4.69, 9.17) is 12.2 Å². The molecule has 1 fully saturated rings. The topological polar surface area (TPSA) is 48.1 Å². The maximum absolute atomic E-state index is 13.0. The lowest BCUT2D eigenvalue weighted by Crippen LogP contribution is -2.47. The molecule has 0 amide bonds. The van der Waals surface area contributed by atoms with Crippen LogP contribution in [-0.4, -0.2) is 21.0 Å². The molecule has 4 nitrogen and oxygen atoms in total. The van der Waals surface area contributed by atoms with E-state index in [1.54, 1.807) is 0 Å². The summed E-state index contributed by atoms with van der Waals surface area (Å²) < 4.78 is 0. The number of nitrogens with one attached hydrogen (secondary N) is 2. The van der Waals surface area contributed by atoms with E-state index in [1.165, 1.54) is 30.4 Å². The monoisotopic (exact) mass is 447 g/mol. The Morgan fingerprint density at radius 3 is 2.56 bits per heavy atom. The molecule has 2 N–H and O–H groups in total. The van der Waals surface area contributed by atoms with E-state index in [0.717, 1.165) is 40.0 Å². The number of aromatic nitrogens is 1. The Morgan fingerprint density at radius 1 is 1.12 bits per heavy atom. The summed E-state index contributed by atoms with van der Waals surface area (Å²) in [5, 5.41) is 5.37. The van der Waals surface area contributed by atoms with E-state index >= 15 is 0 Å². The number of H-pyrrole nitrogens is 1. The van der Waals surface area contributed by atoms with Crippen LogP contribution in [-0.2, 0) is 6.54 Å². The van der Waals surface area contributed by atoms with Crippen molar-refractivity contribution in [2.75, 3.05) is 0 Å². The normalized spacial score (nSPS) is 15.5. The van der Waals surface area contributed by atoms with E-state index in [2.05, 4.69) is 60.2 Å². The van der Waals surface area contributed by atoms with Gasteiger partial charge in [-0.2, -0.15) is 0 Å². The van der Waals surface area contributed by atoms with Gasteiger partial charge in [0.15, 0.2) is 5.11 Å². The molecular weight excluding hydrogens is 414 g/mol. The van der Waals surface area contributed by atoms with Crippen molar-refractivity contribution in [2.24, 2.45) is 0 Å². The summed E-state index contributed by atoms with van der Waals surface area (Å²) in [7, 11) is 0. The Morgan fingerprint density at radius 2 is 1.84 bits per heavy atom. The van der Waals surface area contributed by atoms with Gasteiger partial charge < -0.3 is 15.2 Å². The molecule has 32 heavy (non-hydrogen) atoms. The molecule has 4 rings (SSSR count). The summed E-state index contributed by atoms with van der Waals surface area (Å²) >= 11 is 5.92. The van der Waals surface area contributed by atoms with Crippen LogP contribution in [0.3, 0.4) is 0 Å². The lowest BCUT2D eigenvalue weighted by molar-refractivity contribution is 0.233. The van der Waals surface area contributed by atoms with Crippen LogP contribution in [0, 0.1) is 13.8 Å². The molecule has 1 aromatic heterocycles. The largest absolute Gasteiger partial charge is 0.356 e. The van der Waals surface area contributed by atoms with Crippen molar-refractivity contribution in [2.45, 2.75) is 71.5 Å². The van der Waals surface area contributed by atoms with E-state index in [-0.39, 0.29) is 11.6 Å². The fraction of sp³-hybridized carbons (Fsp3) is 0.407. The van der Waals surface area contributed by atoms with Gasteiger partial charge in [0.25, 0.3) is 5.56 Å². The number of hydrogen-bond acceptors (Lipinski definition) is 2. The predicted octanol–water partition coefficient (Wildman–Crippen LogP) is 5.92. The lowest BCUT2D eigenvalue weighted by Gasteiger charge is -2.37. The number of benzene rings is 2. The molecule has 0 aliphatic heterocycles. The summed E-state index contributed by atoms with van der Waals surface area (Å²) in [5.74, 6) is 0. The highest BCUT2D eigenvalue weighted by molar-refractivity contribution is 7.80. The minimum absolute atomic E-state index is 0.0257. The van der Waals surface area contributed by atoms with Crippen molar-refractivity contribution in [1.29, 1.82) is 0 Å². The van der Waals surface area contributed by atoms with Crippen LogP contribution >= 0.6 is 12.2 Å². The SMILES string of the molecule is Cc1cc(C)c2cc(CN(C(=S)N[C@@H](C)c3ccccc3)C3CCCCC3)c(=O)[nH]c2c1. The number of fused-ring (bicyclic) bond motifs is 1. The highest BCUT2D eigenvalue weighted by atomic mass is 32.1. The van der Waals surface area contributed by atoms with Crippen LogP contribution in [0.4, 0.5) is 0 Å². The van der Waals surface area contributed by atoms with Crippen LogP contribution in [0.1, 0.15) is 67.3 Å². The predicted molar refractivity (Wildman–Crippen MR) is 137 cm³/mol. The fourth-order valence-corrected chi connectivity index (χ4v) is 5.26. The standard InChI is InChI=1S/C27H33N3OS/c1-18-14-19(2)24-16-22(26(31)29-25(24)15-18)17-30(23-12-8-5-9-13-23)27(32)28-20(3)21-10-6-4-7-11-21/h4,6-7,10-11,14-16,20,23H,5,8-9,12-13,17H2,1-3H3,(H,28,32)(H,29,31)/t20-/m0/s1. The van der Waals surface area contributed by atoms with Crippen LogP contribution < -0.4 is 10.9 Å². The minimum Gasteiger partial charge on any atom is -0.356 e. The van der Waals surface area contributed by atoms with Crippen molar-refractivity contribution < 1.29 is 0 Å². The molecule has 5 heteroatoms. The molecule has 3 aromatic rings. The molecular formula is C27H33N3OS. The van der Waals surface area contributed by atoms with Crippen LogP contribution in [0.15, 0.2) is 53.3 Å². The van der Waals surface area contributed by atoms with Gasteiger partial charge in [-0.15, -0.1) is 0 Å². The molecule has 1 saturated carbocycles. The zero-order valence-corrected chi connectivity index (χ0v) is 20.1. The van der Waals surface area contributed by atoms with Gasteiger partial charge in [-0.25, -0.2) is 0 Å². The maximum atomic E-state index is 13.0. The second-order valence-electron chi connectivity index (χ2n) is 9.17. The first-order valence-electron chi connectivity index (χ1n) is 11.7. The quantitative estimate of drug-likeness (QED) is 0.477. The first-order chi connectivity index (χ1) is 15.4. The molecule has 0 saturated heterocycles. The lowest BCUT2D eigenvalue weighted by atomic mass is 9.94. The summed E-state index contributed by atoms with van der Waals surface area (Å²) in [5.41, 5.74) is 5.18. The van der Waals surface area contributed by atoms with Gasteiger partial charge in [0.2, 0.25) is 0 Å². The van der Waals surface area contributed by atoms with Crippen molar-refractivity contribution in [3.05, 3.63) is 81.1 Å².